The fraction of sp³-hybridized carbons (Fsp3) is 0.405. The summed E-state index contributed by atoms with van der Waals surface area (Å²) in [5, 5.41) is 26.7. The summed E-state index contributed by atoms with van der Waals surface area (Å²) >= 11 is 0. The number of aliphatic carboxylic acids is 1. The van der Waals surface area contributed by atoms with E-state index in [0.29, 0.717) is 16.7 Å². The SMILES string of the molecule is C#CCN(c1ccc(C(=O)N[C@@](C)(CCC(=O)N[C@@H](CCc2nnnn2CC(=O)OC)C(=O)OC)C(=O)O)cc1)C1CCc2cc3nc(C)[nH]c(=O)c3cc21. The summed E-state index contributed by atoms with van der Waals surface area (Å²) in [6.07, 6.45) is 6.68. The Morgan fingerprint density at radius 2 is 1.91 bits per heavy atom. The monoisotopic (exact) mass is 755 g/mol. The molecule has 3 atom stereocenters. The lowest BCUT2D eigenvalue weighted by molar-refractivity contribution is -0.146. The van der Waals surface area contributed by atoms with Crippen molar-refractivity contribution in [2.45, 2.75) is 76.5 Å². The molecule has 2 heterocycles. The van der Waals surface area contributed by atoms with Gasteiger partial charge in [-0.1, -0.05) is 5.92 Å². The first-order valence-electron chi connectivity index (χ1n) is 17.4. The number of aromatic amines is 1. The second-order valence-electron chi connectivity index (χ2n) is 13.3. The number of carboxylic acid groups (broad SMARTS) is 1. The number of carboxylic acids is 1. The van der Waals surface area contributed by atoms with Crippen LogP contribution in [0.1, 0.15) is 71.8 Å². The van der Waals surface area contributed by atoms with Gasteiger partial charge in [0.15, 0.2) is 5.82 Å². The summed E-state index contributed by atoms with van der Waals surface area (Å²) in [4.78, 5) is 84.8. The number of fused-ring (bicyclic) bond motifs is 2. The lowest BCUT2D eigenvalue weighted by Crippen LogP contribution is -2.53. The Morgan fingerprint density at radius 3 is 2.58 bits per heavy atom. The van der Waals surface area contributed by atoms with Crippen molar-refractivity contribution in [2.75, 3.05) is 25.7 Å². The van der Waals surface area contributed by atoms with Crippen molar-refractivity contribution >= 4 is 46.3 Å². The van der Waals surface area contributed by atoms with Crippen LogP contribution < -0.4 is 21.1 Å². The molecule has 2 aromatic heterocycles. The zero-order valence-corrected chi connectivity index (χ0v) is 30.7. The molecule has 4 N–H and O–H groups in total. The minimum Gasteiger partial charge on any atom is -0.480 e. The molecule has 1 unspecified atom stereocenters. The predicted octanol–water partition coefficient (Wildman–Crippen LogP) is 1.16. The van der Waals surface area contributed by atoms with Gasteiger partial charge in [0, 0.05) is 24.1 Å². The van der Waals surface area contributed by atoms with Gasteiger partial charge >= 0.3 is 17.9 Å². The number of terminal acetylenes is 1. The summed E-state index contributed by atoms with van der Waals surface area (Å²) in [6.45, 7) is 3.01. The predicted molar refractivity (Wildman–Crippen MR) is 196 cm³/mol. The minimum atomic E-state index is -1.86. The van der Waals surface area contributed by atoms with Gasteiger partial charge < -0.3 is 35.1 Å². The van der Waals surface area contributed by atoms with Gasteiger partial charge in [-0.25, -0.2) is 19.3 Å². The number of amides is 2. The highest BCUT2D eigenvalue weighted by atomic mass is 16.5. The fourth-order valence-electron chi connectivity index (χ4n) is 6.50. The second kappa shape index (κ2) is 17.0. The molecule has 18 heteroatoms. The van der Waals surface area contributed by atoms with Crippen molar-refractivity contribution in [2.24, 2.45) is 0 Å². The Balaban J connectivity index is 1.23. The number of tetrazole rings is 1. The molecule has 0 saturated carbocycles. The van der Waals surface area contributed by atoms with Gasteiger partial charge in [-0.05, 0) is 97.5 Å². The summed E-state index contributed by atoms with van der Waals surface area (Å²) < 4.78 is 10.6. The normalized spacial score (nSPS) is 14.9. The van der Waals surface area contributed by atoms with Crippen molar-refractivity contribution in [3.05, 3.63) is 75.1 Å². The van der Waals surface area contributed by atoms with Crippen molar-refractivity contribution in [1.29, 1.82) is 0 Å². The molecule has 0 fully saturated rings. The molecule has 0 aliphatic heterocycles. The summed E-state index contributed by atoms with van der Waals surface area (Å²) in [5.41, 5.74) is 1.49. The molecule has 55 heavy (non-hydrogen) atoms. The van der Waals surface area contributed by atoms with E-state index in [0.717, 1.165) is 36.8 Å². The standard InChI is InChI=1S/C37H41N9O9/c1-6-17-45(29-13-9-23-18-28-26(19-25(23)29)34(50)39-21(2)38-28)24-10-7-22(8-11-24)33(49)41-37(3,36(52)53)16-15-31(47)40-27(35(51)55-5)12-14-30-42-43-44-46(30)20-32(48)54-4/h1,7-8,10-11,18-19,27,29H,9,12-17,20H2,2-5H3,(H,40,47)(H,41,49)(H,52,53)(H,38,39,50)/t27-,29?,37-/m0/s1. The van der Waals surface area contributed by atoms with Crippen LogP contribution >= 0.6 is 0 Å². The summed E-state index contributed by atoms with van der Waals surface area (Å²) in [6, 6.07) is 9.07. The molecule has 0 radical (unpaired) electrons. The van der Waals surface area contributed by atoms with Gasteiger partial charge in [-0.3, -0.25) is 19.2 Å². The van der Waals surface area contributed by atoms with Crippen LogP contribution in [0.3, 0.4) is 0 Å². The smallest absolute Gasteiger partial charge is 0.329 e. The Hall–Kier alpha value is -6.64. The number of H-pyrrole nitrogens is 1. The second-order valence-corrected chi connectivity index (χ2v) is 13.3. The molecular formula is C37H41N9O9. The Kier molecular flexibility index (Phi) is 12.2. The fourth-order valence-corrected chi connectivity index (χ4v) is 6.50. The van der Waals surface area contributed by atoms with Crippen LogP contribution in [0.4, 0.5) is 5.69 Å². The number of aromatic nitrogens is 6. The molecule has 5 rings (SSSR count). The van der Waals surface area contributed by atoms with Gasteiger partial charge in [0.05, 0.1) is 37.7 Å². The Bertz CT molecular complexity index is 2210. The van der Waals surface area contributed by atoms with E-state index in [9.17, 15) is 33.9 Å². The maximum atomic E-state index is 13.4. The lowest BCUT2D eigenvalue weighted by Gasteiger charge is -2.30. The molecule has 0 bridgehead atoms. The number of methoxy groups -OCH3 is 2. The molecule has 2 amide bonds. The first-order chi connectivity index (χ1) is 26.3. The number of esters is 2. The zero-order valence-electron chi connectivity index (χ0n) is 30.7. The number of ether oxygens (including phenoxy) is 2. The number of carbonyl (C=O) groups is 5. The van der Waals surface area contributed by atoms with Gasteiger partial charge in [-0.15, -0.1) is 11.5 Å². The van der Waals surface area contributed by atoms with Gasteiger partial charge in [0.2, 0.25) is 5.91 Å². The van der Waals surface area contributed by atoms with E-state index < -0.39 is 41.3 Å². The number of aryl methyl sites for hydroxylation is 3. The first-order valence-corrected chi connectivity index (χ1v) is 17.4. The molecule has 4 aromatic rings. The van der Waals surface area contributed by atoms with Crippen LogP contribution in [0.5, 0.6) is 0 Å². The van der Waals surface area contributed by atoms with E-state index in [1.54, 1.807) is 31.2 Å². The first kappa shape index (κ1) is 39.6. The third-order valence-corrected chi connectivity index (χ3v) is 9.53. The van der Waals surface area contributed by atoms with Crippen LogP contribution in [0.2, 0.25) is 0 Å². The molecular weight excluding hydrogens is 714 g/mol. The van der Waals surface area contributed by atoms with Crippen LogP contribution in [0.15, 0.2) is 41.2 Å². The van der Waals surface area contributed by atoms with Crippen LogP contribution in [0.25, 0.3) is 10.9 Å². The lowest BCUT2D eigenvalue weighted by atomic mass is 9.94. The highest BCUT2D eigenvalue weighted by Crippen LogP contribution is 2.39. The van der Waals surface area contributed by atoms with Crippen LogP contribution in [-0.4, -0.2) is 97.3 Å². The van der Waals surface area contributed by atoms with E-state index in [-0.39, 0.29) is 61.8 Å². The number of nitrogens with one attached hydrogen (secondary N) is 3. The number of nitrogens with zero attached hydrogens (tertiary/aromatic N) is 6. The summed E-state index contributed by atoms with van der Waals surface area (Å²) in [5.74, 6) is -0.571. The van der Waals surface area contributed by atoms with E-state index >= 15 is 0 Å². The topological polar surface area (TPSA) is 241 Å². The largest absolute Gasteiger partial charge is 0.480 e. The molecule has 1 aliphatic rings. The van der Waals surface area contributed by atoms with Gasteiger partial charge in [0.25, 0.3) is 11.5 Å². The quantitative estimate of drug-likeness (QED) is 0.0927. The average molecular weight is 756 g/mol. The summed E-state index contributed by atoms with van der Waals surface area (Å²) in [7, 11) is 2.36. The molecule has 288 valence electrons. The Labute approximate surface area is 315 Å². The third-order valence-electron chi connectivity index (χ3n) is 9.53. The average Bonchev–Trinajstić information content (AvgIpc) is 3.79. The molecule has 1 aliphatic carbocycles. The van der Waals surface area contributed by atoms with E-state index in [4.69, 9.17) is 11.2 Å². The van der Waals surface area contributed by atoms with E-state index in [1.165, 1.54) is 18.7 Å². The minimum absolute atomic E-state index is 0.00282. The van der Waals surface area contributed by atoms with Crippen molar-refractivity contribution in [3.63, 3.8) is 0 Å². The highest BCUT2D eigenvalue weighted by Gasteiger charge is 2.36. The maximum Gasteiger partial charge on any atom is 0.329 e. The van der Waals surface area contributed by atoms with Crippen molar-refractivity contribution in [1.82, 2.24) is 40.8 Å². The molecule has 0 spiro atoms. The molecule has 0 saturated heterocycles. The highest BCUT2D eigenvalue weighted by molar-refractivity contribution is 5.98. The molecule has 18 nitrogen and oxygen atoms in total. The number of benzene rings is 2. The number of carbonyl (C=O) groups excluding carboxylic acids is 4. The number of hydrogen-bond acceptors (Lipinski definition) is 13. The van der Waals surface area contributed by atoms with Crippen molar-refractivity contribution in [3.8, 4) is 12.3 Å². The van der Waals surface area contributed by atoms with Gasteiger partial charge in [0.1, 0.15) is 23.9 Å². The maximum absolute atomic E-state index is 13.4. The van der Waals surface area contributed by atoms with Crippen LogP contribution in [0, 0.1) is 19.3 Å². The van der Waals surface area contributed by atoms with E-state index in [2.05, 4.69) is 46.8 Å². The molecule has 2 aromatic carbocycles. The van der Waals surface area contributed by atoms with E-state index in [1.807, 2.05) is 17.0 Å². The Morgan fingerprint density at radius 1 is 1.16 bits per heavy atom. The number of rotatable bonds is 16. The van der Waals surface area contributed by atoms with Crippen molar-refractivity contribution < 1.29 is 38.6 Å². The number of hydrogen-bond donors (Lipinski definition) is 4. The zero-order chi connectivity index (χ0) is 39.9. The third kappa shape index (κ3) is 9.12. The van der Waals surface area contributed by atoms with Gasteiger partial charge in [-0.2, -0.15) is 0 Å². The van der Waals surface area contributed by atoms with Crippen LogP contribution in [-0.2, 0) is 48.0 Å². The number of anilines is 1.